The number of methoxy groups -OCH3 is 1. The molecule has 1 aliphatic heterocycles. The van der Waals surface area contributed by atoms with Crippen LogP contribution in [0.4, 0.5) is 5.69 Å². The Balaban J connectivity index is 1.71. The van der Waals surface area contributed by atoms with Crippen LogP contribution in [0.1, 0.15) is 24.1 Å². The molecule has 1 heterocycles. The van der Waals surface area contributed by atoms with Crippen molar-refractivity contribution in [2.75, 3.05) is 38.3 Å². The summed E-state index contributed by atoms with van der Waals surface area (Å²) in [6.07, 6.45) is 3.37. The summed E-state index contributed by atoms with van der Waals surface area (Å²) in [5.41, 5.74) is 3.07. The maximum absolute atomic E-state index is 12.3. The molecule has 5 heteroatoms. The molecule has 3 rings (SSSR count). The molecule has 0 spiro atoms. The average Bonchev–Trinajstić information content (AvgIpc) is 2.73. The Kier molecular flexibility index (Phi) is 6.49. The van der Waals surface area contributed by atoms with Gasteiger partial charge < -0.3 is 19.7 Å². The lowest BCUT2D eigenvalue weighted by molar-refractivity contribution is -0.117. The van der Waals surface area contributed by atoms with Gasteiger partial charge in [0.05, 0.1) is 26.4 Å². The van der Waals surface area contributed by atoms with Crippen LogP contribution in [-0.2, 0) is 9.53 Å². The van der Waals surface area contributed by atoms with Gasteiger partial charge >= 0.3 is 0 Å². The highest BCUT2D eigenvalue weighted by molar-refractivity contribution is 5.92. The van der Waals surface area contributed by atoms with Crippen molar-refractivity contribution in [3.8, 4) is 5.75 Å². The molecular weight excluding hydrogens is 340 g/mol. The van der Waals surface area contributed by atoms with E-state index in [2.05, 4.69) is 22.3 Å². The van der Waals surface area contributed by atoms with Crippen LogP contribution in [0.5, 0.6) is 5.75 Å². The zero-order chi connectivity index (χ0) is 19.1. The van der Waals surface area contributed by atoms with Gasteiger partial charge in [-0.05, 0) is 36.8 Å². The number of hydrogen-bond donors (Lipinski definition) is 1. The van der Waals surface area contributed by atoms with Gasteiger partial charge in [-0.2, -0.15) is 0 Å². The van der Waals surface area contributed by atoms with Gasteiger partial charge in [-0.15, -0.1) is 0 Å². The Morgan fingerprint density at radius 1 is 1.19 bits per heavy atom. The normalized spacial score (nSPS) is 15.6. The van der Waals surface area contributed by atoms with E-state index in [0.29, 0.717) is 0 Å². The monoisotopic (exact) mass is 366 g/mol. The van der Waals surface area contributed by atoms with Crippen LogP contribution in [0.3, 0.4) is 0 Å². The topological polar surface area (TPSA) is 50.8 Å². The summed E-state index contributed by atoms with van der Waals surface area (Å²) in [6, 6.07) is 15.7. The van der Waals surface area contributed by atoms with Crippen LogP contribution in [0.25, 0.3) is 6.08 Å². The Labute approximate surface area is 160 Å². The Bertz CT molecular complexity index is 783. The third-order valence-electron chi connectivity index (χ3n) is 4.64. The summed E-state index contributed by atoms with van der Waals surface area (Å²) in [5.74, 6) is 0.636. The van der Waals surface area contributed by atoms with Crippen molar-refractivity contribution in [1.82, 2.24) is 5.32 Å². The molecule has 0 aliphatic carbocycles. The smallest absolute Gasteiger partial charge is 0.244 e. The first-order valence-electron chi connectivity index (χ1n) is 9.21. The number of nitrogens with zero attached hydrogens (tertiary/aromatic N) is 1. The van der Waals surface area contributed by atoms with Crippen molar-refractivity contribution in [2.24, 2.45) is 0 Å². The van der Waals surface area contributed by atoms with Crippen LogP contribution in [0, 0.1) is 0 Å². The number of rotatable bonds is 6. The average molecular weight is 366 g/mol. The molecule has 0 unspecified atom stereocenters. The quantitative estimate of drug-likeness (QED) is 0.796. The van der Waals surface area contributed by atoms with Crippen LogP contribution in [-0.4, -0.2) is 39.3 Å². The second-order valence-corrected chi connectivity index (χ2v) is 6.50. The summed E-state index contributed by atoms with van der Waals surface area (Å²) in [6.45, 7) is 5.17. The molecule has 2 aromatic rings. The lowest BCUT2D eigenvalue weighted by Crippen LogP contribution is -2.36. The molecule has 1 aliphatic rings. The lowest BCUT2D eigenvalue weighted by Gasteiger charge is -2.30. The number of carbonyl (C=O) groups excluding carboxylic acids is 1. The molecule has 0 radical (unpaired) electrons. The minimum absolute atomic E-state index is 0.134. The lowest BCUT2D eigenvalue weighted by atomic mass is 10.1. The number of carbonyl (C=O) groups is 1. The second kappa shape index (κ2) is 9.24. The first kappa shape index (κ1) is 19.0. The number of ether oxygens (including phenoxy) is 2. The third kappa shape index (κ3) is 5.11. The van der Waals surface area contributed by atoms with Crippen molar-refractivity contribution in [2.45, 2.75) is 13.0 Å². The number of benzene rings is 2. The number of amides is 1. The van der Waals surface area contributed by atoms with Gasteiger partial charge in [0.1, 0.15) is 5.75 Å². The van der Waals surface area contributed by atoms with Crippen LogP contribution < -0.4 is 15.0 Å². The van der Waals surface area contributed by atoms with Gasteiger partial charge in [0.15, 0.2) is 0 Å². The van der Waals surface area contributed by atoms with E-state index in [1.165, 1.54) is 0 Å². The first-order valence-corrected chi connectivity index (χ1v) is 9.21. The van der Waals surface area contributed by atoms with Crippen molar-refractivity contribution in [1.29, 1.82) is 0 Å². The molecule has 1 saturated heterocycles. The fourth-order valence-electron chi connectivity index (χ4n) is 3.15. The van der Waals surface area contributed by atoms with E-state index in [9.17, 15) is 4.79 Å². The first-order chi connectivity index (χ1) is 13.2. The van der Waals surface area contributed by atoms with Gasteiger partial charge in [0.25, 0.3) is 0 Å². The van der Waals surface area contributed by atoms with E-state index >= 15 is 0 Å². The number of anilines is 1. The predicted octanol–water partition coefficient (Wildman–Crippen LogP) is 3.42. The molecule has 142 valence electrons. The summed E-state index contributed by atoms with van der Waals surface area (Å²) in [5, 5.41) is 3.02. The highest BCUT2D eigenvalue weighted by Crippen LogP contribution is 2.30. The van der Waals surface area contributed by atoms with Crippen molar-refractivity contribution >= 4 is 17.7 Å². The second-order valence-electron chi connectivity index (χ2n) is 6.50. The zero-order valence-corrected chi connectivity index (χ0v) is 15.9. The van der Waals surface area contributed by atoms with Crippen molar-refractivity contribution < 1.29 is 14.3 Å². The number of hydrogen-bond acceptors (Lipinski definition) is 4. The maximum atomic E-state index is 12.3. The van der Waals surface area contributed by atoms with Gasteiger partial charge in [-0.3, -0.25) is 4.79 Å². The molecule has 27 heavy (non-hydrogen) atoms. The van der Waals surface area contributed by atoms with Crippen molar-refractivity contribution in [3.05, 3.63) is 65.7 Å². The van der Waals surface area contributed by atoms with Crippen LogP contribution >= 0.6 is 0 Å². The number of nitrogens with one attached hydrogen (secondary N) is 1. The van der Waals surface area contributed by atoms with Gasteiger partial charge in [-0.1, -0.05) is 30.3 Å². The molecular formula is C22H26N2O3. The molecule has 1 atom stereocenters. The molecule has 5 nitrogen and oxygen atoms in total. The Morgan fingerprint density at radius 2 is 1.93 bits per heavy atom. The third-order valence-corrected chi connectivity index (χ3v) is 4.64. The fourth-order valence-corrected chi connectivity index (χ4v) is 3.15. The maximum Gasteiger partial charge on any atom is 0.244 e. The SMILES string of the molecule is COc1ccc(N2CCOCC2)cc1[C@H](C)NC(=O)/C=C/c1ccccc1. The van der Waals surface area contributed by atoms with E-state index in [4.69, 9.17) is 9.47 Å². The van der Waals surface area contributed by atoms with Gasteiger partial charge in [0, 0.05) is 30.4 Å². The molecule has 1 fully saturated rings. The fraction of sp³-hybridized carbons (Fsp3) is 0.318. The molecule has 0 aromatic heterocycles. The molecule has 0 bridgehead atoms. The molecule has 0 saturated carbocycles. The molecule has 2 aromatic carbocycles. The van der Waals surface area contributed by atoms with E-state index in [1.54, 1.807) is 13.2 Å². The highest BCUT2D eigenvalue weighted by atomic mass is 16.5. The van der Waals surface area contributed by atoms with Gasteiger partial charge in [0.2, 0.25) is 5.91 Å². The molecule has 1 amide bonds. The van der Waals surface area contributed by atoms with E-state index < -0.39 is 0 Å². The molecule has 1 N–H and O–H groups in total. The minimum Gasteiger partial charge on any atom is -0.496 e. The minimum atomic E-state index is -0.172. The number of morpholine rings is 1. The Morgan fingerprint density at radius 3 is 2.63 bits per heavy atom. The largest absolute Gasteiger partial charge is 0.496 e. The summed E-state index contributed by atoms with van der Waals surface area (Å²) in [4.78, 5) is 14.6. The summed E-state index contributed by atoms with van der Waals surface area (Å²) >= 11 is 0. The van der Waals surface area contributed by atoms with Crippen LogP contribution in [0.2, 0.25) is 0 Å². The summed E-state index contributed by atoms with van der Waals surface area (Å²) in [7, 11) is 1.65. The predicted molar refractivity (Wildman–Crippen MR) is 108 cm³/mol. The summed E-state index contributed by atoms with van der Waals surface area (Å²) < 4.78 is 10.9. The van der Waals surface area contributed by atoms with Crippen molar-refractivity contribution in [3.63, 3.8) is 0 Å². The highest BCUT2D eigenvalue weighted by Gasteiger charge is 2.17. The van der Waals surface area contributed by atoms with Gasteiger partial charge in [-0.25, -0.2) is 0 Å². The Hall–Kier alpha value is -2.79. The zero-order valence-electron chi connectivity index (χ0n) is 15.9. The van der Waals surface area contributed by atoms with E-state index in [1.807, 2.05) is 49.4 Å². The standard InChI is InChI=1S/C22H26N2O3/c1-17(23-22(25)11-8-18-6-4-3-5-7-18)20-16-19(9-10-21(20)26-2)24-12-14-27-15-13-24/h3-11,16-17H,12-15H2,1-2H3,(H,23,25)/b11-8+/t17-/m0/s1. The van der Waals surface area contributed by atoms with E-state index in [-0.39, 0.29) is 11.9 Å². The van der Waals surface area contributed by atoms with E-state index in [0.717, 1.165) is 48.9 Å². The van der Waals surface area contributed by atoms with Crippen LogP contribution in [0.15, 0.2) is 54.6 Å².